The molecule has 3 N–H and O–H groups in total. The van der Waals surface area contributed by atoms with Crippen LogP contribution in [0.25, 0.3) is 10.8 Å². The van der Waals surface area contributed by atoms with E-state index in [1.807, 2.05) is 37.3 Å². The van der Waals surface area contributed by atoms with E-state index < -0.39 is 16.7 Å². The summed E-state index contributed by atoms with van der Waals surface area (Å²) in [7, 11) is -2.98. The Morgan fingerprint density at radius 2 is 1.88 bits per heavy atom. The van der Waals surface area contributed by atoms with E-state index in [0.29, 0.717) is 23.8 Å². The van der Waals surface area contributed by atoms with Crippen LogP contribution < -0.4 is 4.31 Å². The quantitative estimate of drug-likeness (QED) is 0.658. The van der Waals surface area contributed by atoms with Crippen LogP contribution >= 0.6 is 10.8 Å². The number of benzene rings is 2. The summed E-state index contributed by atoms with van der Waals surface area (Å²) in [4.78, 5) is 11.2. The van der Waals surface area contributed by atoms with Gasteiger partial charge in [-0.1, -0.05) is 42.0 Å². The first-order chi connectivity index (χ1) is 11.4. The lowest BCUT2D eigenvalue weighted by Crippen LogP contribution is -2.25. The largest absolute Gasteiger partial charge is 0.481 e. The SMILES string of the molecule is CC(CCCN1c2cccc3cccc(c23)S1(O)O)CCC(=O)O. The molecular weight excluding hydrogens is 326 g/mol. The van der Waals surface area contributed by atoms with E-state index in [2.05, 4.69) is 0 Å². The summed E-state index contributed by atoms with van der Waals surface area (Å²) in [5.74, 6) is -0.457. The van der Waals surface area contributed by atoms with Crippen molar-refractivity contribution in [3.05, 3.63) is 36.4 Å². The summed E-state index contributed by atoms with van der Waals surface area (Å²) in [6, 6.07) is 11.5. The molecule has 0 aliphatic carbocycles. The van der Waals surface area contributed by atoms with Crippen LogP contribution in [0.2, 0.25) is 0 Å². The van der Waals surface area contributed by atoms with Crippen molar-refractivity contribution < 1.29 is 19.0 Å². The van der Waals surface area contributed by atoms with Gasteiger partial charge in [0.15, 0.2) is 0 Å². The normalized spacial score (nSPS) is 17.9. The average molecular weight is 349 g/mol. The van der Waals surface area contributed by atoms with Crippen molar-refractivity contribution in [2.24, 2.45) is 5.92 Å². The van der Waals surface area contributed by atoms with Crippen LogP contribution in [-0.4, -0.2) is 26.7 Å². The highest BCUT2D eigenvalue weighted by Crippen LogP contribution is 2.63. The van der Waals surface area contributed by atoms with Gasteiger partial charge in [-0.2, -0.15) is 0 Å². The number of nitrogens with zero attached hydrogens (tertiary/aromatic N) is 1. The second-order valence-corrected chi connectivity index (χ2v) is 8.35. The van der Waals surface area contributed by atoms with E-state index in [9.17, 15) is 13.9 Å². The Balaban J connectivity index is 1.71. The smallest absolute Gasteiger partial charge is 0.303 e. The monoisotopic (exact) mass is 349 g/mol. The first-order valence-electron chi connectivity index (χ1n) is 8.20. The van der Waals surface area contributed by atoms with Gasteiger partial charge in [0, 0.05) is 18.4 Å². The van der Waals surface area contributed by atoms with Crippen molar-refractivity contribution in [3.8, 4) is 0 Å². The number of aliphatic carboxylic acids is 1. The van der Waals surface area contributed by atoms with E-state index in [-0.39, 0.29) is 6.42 Å². The number of rotatable bonds is 7. The minimum atomic E-state index is -2.98. The van der Waals surface area contributed by atoms with Gasteiger partial charge in [-0.05, 0) is 42.7 Å². The number of hydrogen-bond donors (Lipinski definition) is 3. The number of carboxylic acid groups (broad SMARTS) is 1. The molecule has 1 unspecified atom stereocenters. The standard InChI is InChI=1S/C18H23NO4S/c1-13(10-11-17(20)21)5-4-12-19-15-8-2-6-14-7-3-9-16(18(14)15)24(19,22)23/h2-3,6-9,13,22-23H,4-5,10-12H2,1H3,(H,20,21). The Morgan fingerprint density at radius 1 is 1.17 bits per heavy atom. The van der Waals surface area contributed by atoms with Gasteiger partial charge in [-0.15, -0.1) is 0 Å². The molecule has 1 heterocycles. The number of hydrogen-bond acceptors (Lipinski definition) is 4. The second-order valence-electron chi connectivity index (χ2n) is 6.43. The molecule has 1 atom stereocenters. The third-order valence-electron chi connectivity index (χ3n) is 4.62. The van der Waals surface area contributed by atoms with E-state index >= 15 is 0 Å². The van der Waals surface area contributed by atoms with Gasteiger partial charge in [0.25, 0.3) is 0 Å². The lowest BCUT2D eigenvalue weighted by atomic mass is 10.00. The molecule has 0 amide bonds. The third kappa shape index (κ3) is 3.09. The molecule has 0 fully saturated rings. The first-order valence-corrected chi connectivity index (χ1v) is 9.71. The summed E-state index contributed by atoms with van der Waals surface area (Å²) in [5, 5.41) is 10.7. The van der Waals surface area contributed by atoms with Gasteiger partial charge in [-0.25, -0.2) is 0 Å². The van der Waals surface area contributed by atoms with Crippen molar-refractivity contribution in [2.75, 3.05) is 10.8 Å². The topological polar surface area (TPSA) is 81.0 Å². The molecule has 1 aliphatic heterocycles. The minimum Gasteiger partial charge on any atom is -0.481 e. The molecule has 6 heteroatoms. The maximum absolute atomic E-state index is 10.7. The molecular formula is C18H23NO4S. The molecule has 0 radical (unpaired) electrons. The zero-order chi connectivity index (χ0) is 17.3. The van der Waals surface area contributed by atoms with Crippen molar-refractivity contribution in [1.29, 1.82) is 0 Å². The molecule has 5 nitrogen and oxygen atoms in total. The summed E-state index contributed by atoms with van der Waals surface area (Å²) >= 11 is 0. The fourth-order valence-electron chi connectivity index (χ4n) is 3.32. The maximum atomic E-state index is 10.7. The third-order valence-corrected chi connectivity index (χ3v) is 6.55. The van der Waals surface area contributed by atoms with E-state index in [4.69, 9.17) is 5.11 Å². The molecule has 0 spiro atoms. The minimum absolute atomic E-state index is 0.185. The van der Waals surface area contributed by atoms with Gasteiger partial charge in [0.05, 0.1) is 10.6 Å². The van der Waals surface area contributed by atoms with Gasteiger partial charge in [0.2, 0.25) is 0 Å². The Hall–Kier alpha value is -1.76. The molecule has 0 saturated carbocycles. The molecule has 24 heavy (non-hydrogen) atoms. The number of carboxylic acids is 1. The van der Waals surface area contributed by atoms with Crippen molar-refractivity contribution in [1.82, 2.24) is 0 Å². The van der Waals surface area contributed by atoms with E-state index in [1.165, 1.54) is 0 Å². The molecule has 3 rings (SSSR count). The van der Waals surface area contributed by atoms with E-state index in [1.54, 1.807) is 10.4 Å². The zero-order valence-electron chi connectivity index (χ0n) is 13.7. The summed E-state index contributed by atoms with van der Waals surface area (Å²) in [5.41, 5.74) is 0.876. The van der Waals surface area contributed by atoms with Crippen molar-refractivity contribution in [3.63, 3.8) is 0 Å². The highest BCUT2D eigenvalue weighted by Gasteiger charge is 2.35. The Labute approximate surface area is 143 Å². The predicted octanol–water partition coefficient (Wildman–Crippen LogP) is 4.97. The fourth-order valence-corrected chi connectivity index (χ4v) is 5.13. The summed E-state index contributed by atoms with van der Waals surface area (Å²) in [6.07, 6.45) is 2.50. The lowest BCUT2D eigenvalue weighted by molar-refractivity contribution is -0.137. The zero-order valence-corrected chi connectivity index (χ0v) is 14.5. The molecule has 1 aliphatic rings. The molecule has 2 aromatic rings. The maximum Gasteiger partial charge on any atom is 0.303 e. The number of carbonyl (C=O) groups is 1. The average Bonchev–Trinajstić information content (AvgIpc) is 2.76. The van der Waals surface area contributed by atoms with Crippen LogP contribution in [0, 0.1) is 5.92 Å². The summed E-state index contributed by atoms with van der Waals surface area (Å²) in [6.45, 7) is 2.59. The van der Waals surface area contributed by atoms with Gasteiger partial charge in [0.1, 0.15) is 0 Å². The first kappa shape index (κ1) is 17.1. The van der Waals surface area contributed by atoms with Gasteiger partial charge < -0.3 is 5.11 Å². The highest BCUT2D eigenvalue weighted by molar-refractivity contribution is 8.26. The van der Waals surface area contributed by atoms with Crippen LogP contribution in [-0.2, 0) is 4.79 Å². The Morgan fingerprint density at radius 3 is 2.58 bits per heavy atom. The molecule has 0 aromatic heterocycles. The lowest BCUT2D eigenvalue weighted by Gasteiger charge is -2.39. The molecule has 130 valence electrons. The summed E-state index contributed by atoms with van der Waals surface area (Å²) < 4.78 is 23.2. The van der Waals surface area contributed by atoms with Crippen molar-refractivity contribution >= 4 is 33.2 Å². The van der Waals surface area contributed by atoms with Crippen LogP contribution in [0.1, 0.15) is 32.6 Å². The fraction of sp³-hybridized carbons (Fsp3) is 0.389. The van der Waals surface area contributed by atoms with Gasteiger partial charge >= 0.3 is 5.97 Å². The van der Waals surface area contributed by atoms with Crippen LogP contribution in [0.3, 0.4) is 0 Å². The van der Waals surface area contributed by atoms with Crippen molar-refractivity contribution in [2.45, 2.75) is 37.5 Å². The number of anilines is 1. The van der Waals surface area contributed by atoms with Crippen LogP contribution in [0.15, 0.2) is 41.3 Å². The predicted molar refractivity (Wildman–Crippen MR) is 97.7 cm³/mol. The van der Waals surface area contributed by atoms with Crippen LogP contribution in [0.4, 0.5) is 5.69 Å². The van der Waals surface area contributed by atoms with Gasteiger partial charge in [-0.3, -0.25) is 18.2 Å². The Bertz CT molecular complexity index is 757. The van der Waals surface area contributed by atoms with Crippen LogP contribution in [0.5, 0.6) is 0 Å². The van der Waals surface area contributed by atoms with E-state index in [0.717, 1.165) is 29.3 Å². The molecule has 2 aromatic carbocycles. The Kier molecular flexibility index (Phi) is 4.71. The highest BCUT2D eigenvalue weighted by atomic mass is 32.3. The second kappa shape index (κ2) is 6.63. The molecule has 0 saturated heterocycles. The molecule has 0 bridgehead atoms.